The van der Waals surface area contributed by atoms with E-state index in [0.29, 0.717) is 13.0 Å². The monoisotopic (exact) mass is 476 g/mol. The van der Waals surface area contributed by atoms with Gasteiger partial charge in [-0.2, -0.15) is 0 Å². The third-order valence-electron chi connectivity index (χ3n) is 6.70. The Hall–Kier alpha value is 0.267. The topological polar surface area (TPSA) is 42.0 Å². The van der Waals surface area contributed by atoms with Crippen LogP contribution in [0.4, 0.5) is 0 Å². The van der Waals surface area contributed by atoms with Crippen molar-refractivity contribution < 1.29 is 14.0 Å². The fraction of sp³-hybridized carbons (Fsp3) is 0.955. The summed E-state index contributed by atoms with van der Waals surface area (Å²) >= 11 is 0. The molecule has 0 radical (unpaired) electrons. The second-order valence-corrected chi connectivity index (χ2v) is 17.7. The smallest absolute Gasteiger partial charge is 0.305 e. The van der Waals surface area contributed by atoms with Crippen LogP contribution in [-0.2, 0) is 14.0 Å². The van der Waals surface area contributed by atoms with E-state index in [2.05, 4.69) is 43.7 Å². The van der Waals surface area contributed by atoms with Crippen molar-refractivity contribution in [3.05, 3.63) is 0 Å². The molecule has 8 heteroatoms. The van der Waals surface area contributed by atoms with Crippen molar-refractivity contribution in [1.82, 2.24) is 9.80 Å². The number of carbonyl (C=O) groups is 1. The van der Waals surface area contributed by atoms with Gasteiger partial charge >= 0.3 is 5.97 Å². The van der Waals surface area contributed by atoms with Crippen LogP contribution in [0, 0.1) is 0 Å². The number of hydrogen-bond donors (Lipinski definition) is 0. The lowest BCUT2D eigenvalue weighted by molar-refractivity contribution is -0.144. The minimum absolute atomic E-state index is 0.0233. The summed E-state index contributed by atoms with van der Waals surface area (Å²) in [4.78, 5) is 16.8. The van der Waals surface area contributed by atoms with Gasteiger partial charge in [-0.15, -0.1) is 0 Å². The maximum atomic E-state index is 11.9. The van der Waals surface area contributed by atoms with Crippen LogP contribution in [0.3, 0.4) is 0 Å². The van der Waals surface area contributed by atoms with Crippen molar-refractivity contribution in [3.8, 4) is 0 Å². The fourth-order valence-electron chi connectivity index (χ4n) is 3.45. The third kappa shape index (κ3) is 9.82. The Morgan fingerprint density at radius 2 is 1.67 bits per heavy atom. The minimum atomic E-state index is -1.64. The summed E-state index contributed by atoms with van der Waals surface area (Å²) in [5, 5.41) is 1.08. The van der Waals surface area contributed by atoms with Crippen LogP contribution in [0.1, 0.15) is 52.9 Å². The lowest BCUT2D eigenvalue weighted by Crippen LogP contribution is -2.49. The van der Waals surface area contributed by atoms with Crippen molar-refractivity contribution in [3.63, 3.8) is 0 Å². The number of hydrogen-bond acceptors (Lipinski definition) is 7. The summed E-state index contributed by atoms with van der Waals surface area (Å²) in [7, 11) is 2.37. The molecule has 2 heterocycles. The van der Waals surface area contributed by atoms with Crippen molar-refractivity contribution >= 4 is 35.9 Å². The van der Waals surface area contributed by atoms with Gasteiger partial charge in [-0.05, 0) is 37.4 Å². The average molecular weight is 477 g/mol. The van der Waals surface area contributed by atoms with Crippen molar-refractivity contribution in [2.45, 2.75) is 76.3 Å². The first kappa shape index (κ1) is 26.5. The van der Waals surface area contributed by atoms with Gasteiger partial charge in [0.15, 0.2) is 8.32 Å². The van der Waals surface area contributed by atoms with Gasteiger partial charge in [0.2, 0.25) is 0 Å². The number of carbonyl (C=O) groups excluding carboxylic acids is 1. The number of nitrogens with zero attached hydrogens (tertiary/aromatic N) is 2. The molecule has 2 rings (SSSR count). The van der Waals surface area contributed by atoms with E-state index in [9.17, 15) is 4.79 Å². The molecule has 0 spiro atoms. The molecule has 2 aliphatic rings. The average Bonchev–Trinajstić information content (AvgIpc) is 3.19. The minimum Gasteiger partial charge on any atom is -0.464 e. The van der Waals surface area contributed by atoms with Crippen LogP contribution in [0.5, 0.6) is 0 Å². The highest BCUT2D eigenvalue weighted by atomic mass is 33.1. The highest BCUT2D eigenvalue weighted by Gasteiger charge is 2.37. The van der Waals surface area contributed by atoms with E-state index in [0.717, 1.165) is 64.0 Å². The number of esters is 1. The molecule has 0 aromatic heterocycles. The van der Waals surface area contributed by atoms with Crippen LogP contribution >= 0.6 is 21.6 Å². The van der Waals surface area contributed by atoms with Crippen molar-refractivity contribution in [2.75, 3.05) is 58.2 Å². The fourth-order valence-corrected chi connectivity index (χ4v) is 7.51. The molecule has 0 bridgehead atoms. The predicted octanol–water partition coefficient (Wildman–Crippen LogP) is 4.88. The Labute approximate surface area is 193 Å². The normalized spacial score (nSPS) is 21.8. The molecule has 0 N–H and O–H groups in total. The van der Waals surface area contributed by atoms with Gasteiger partial charge in [-0.3, -0.25) is 14.6 Å². The van der Waals surface area contributed by atoms with Gasteiger partial charge in [0.25, 0.3) is 0 Å². The molecule has 0 aromatic carbocycles. The van der Waals surface area contributed by atoms with E-state index in [1.165, 1.54) is 18.6 Å². The summed E-state index contributed by atoms with van der Waals surface area (Å²) in [5.41, 5.74) is 0. The second kappa shape index (κ2) is 13.1. The molecule has 0 saturated carbocycles. The zero-order valence-corrected chi connectivity index (χ0v) is 22.5. The first-order chi connectivity index (χ1) is 14.2. The van der Waals surface area contributed by atoms with Gasteiger partial charge in [0.05, 0.1) is 0 Å². The van der Waals surface area contributed by atoms with E-state index >= 15 is 0 Å². The Balaban J connectivity index is 1.46. The molecule has 5 nitrogen and oxygen atoms in total. The SMILES string of the molecule is CC(C)(C)[Si](C)(C)OCCN1CCN(CCOC(=O)CCCCC2CCSS2)CC1. The standard InChI is InChI=1S/C22H44N2O3S2Si/c1-22(2,3)30(4,5)27-18-16-24-13-11-23(12-14-24)15-17-26-21(25)9-7-6-8-20-10-19-28-29-20/h20H,6-19H2,1-5H3. The highest BCUT2D eigenvalue weighted by Crippen LogP contribution is 2.40. The molecule has 0 aliphatic carbocycles. The van der Waals surface area contributed by atoms with Gasteiger partial charge in [-0.25, -0.2) is 0 Å². The number of ether oxygens (including phenoxy) is 1. The lowest BCUT2D eigenvalue weighted by atomic mass is 10.1. The van der Waals surface area contributed by atoms with E-state index < -0.39 is 8.32 Å². The molecule has 1 unspecified atom stereocenters. The van der Waals surface area contributed by atoms with Gasteiger partial charge in [0.1, 0.15) is 6.61 Å². The Kier molecular flexibility index (Phi) is 11.6. The van der Waals surface area contributed by atoms with E-state index in [-0.39, 0.29) is 11.0 Å². The van der Waals surface area contributed by atoms with Crippen LogP contribution in [0.25, 0.3) is 0 Å². The maximum absolute atomic E-state index is 11.9. The van der Waals surface area contributed by atoms with Crippen LogP contribution < -0.4 is 0 Å². The van der Waals surface area contributed by atoms with Crippen molar-refractivity contribution in [2.24, 2.45) is 0 Å². The summed E-state index contributed by atoms with van der Waals surface area (Å²) in [6.07, 6.45) is 5.27. The number of rotatable bonds is 12. The molecule has 2 fully saturated rings. The summed E-state index contributed by atoms with van der Waals surface area (Å²) in [6.45, 7) is 19.0. The molecule has 2 aliphatic heterocycles. The zero-order chi connectivity index (χ0) is 22.0. The van der Waals surface area contributed by atoms with Gasteiger partial charge in [0, 0.05) is 63.3 Å². The summed E-state index contributed by atoms with van der Waals surface area (Å²) < 4.78 is 11.8. The molecular formula is C22H44N2O3S2Si. The number of piperazine rings is 1. The molecule has 30 heavy (non-hydrogen) atoms. The maximum Gasteiger partial charge on any atom is 0.305 e. The molecule has 0 aromatic rings. The number of unbranched alkanes of at least 4 members (excludes halogenated alkanes) is 1. The van der Waals surface area contributed by atoms with Crippen molar-refractivity contribution in [1.29, 1.82) is 0 Å². The van der Waals surface area contributed by atoms with E-state index in [1.54, 1.807) is 0 Å². The van der Waals surface area contributed by atoms with E-state index in [1.807, 2.05) is 21.6 Å². The predicted molar refractivity (Wildman–Crippen MR) is 134 cm³/mol. The highest BCUT2D eigenvalue weighted by molar-refractivity contribution is 8.77. The van der Waals surface area contributed by atoms with Crippen LogP contribution in [0.15, 0.2) is 0 Å². The molecule has 1 atom stereocenters. The first-order valence-electron chi connectivity index (χ1n) is 11.7. The molecule has 0 amide bonds. The van der Waals surface area contributed by atoms with Crippen LogP contribution in [-0.4, -0.2) is 87.6 Å². The van der Waals surface area contributed by atoms with Gasteiger partial charge < -0.3 is 9.16 Å². The zero-order valence-electron chi connectivity index (χ0n) is 19.9. The van der Waals surface area contributed by atoms with Gasteiger partial charge in [-0.1, -0.05) is 48.8 Å². The Morgan fingerprint density at radius 1 is 1.03 bits per heavy atom. The Morgan fingerprint density at radius 3 is 2.23 bits per heavy atom. The van der Waals surface area contributed by atoms with Crippen LogP contribution in [0.2, 0.25) is 18.1 Å². The largest absolute Gasteiger partial charge is 0.464 e. The quantitative estimate of drug-likeness (QED) is 0.172. The second-order valence-electron chi connectivity index (χ2n) is 10.1. The summed E-state index contributed by atoms with van der Waals surface area (Å²) in [6, 6.07) is 0. The lowest BCUT2D eigenvalue weighted by Gasteiger charge is -2.38. The molecular weight excluding hydrogens is 432 g/mol. The Bertz CT molecular complexity index is 503. The molecule has 2 saturated heterocycles. The molecule has 176 valence electrons. The summed E-state index contributed by atoms with van der Waals surface area (Å²) in [5.74, 6) is 1.26. The first-order valence-corrected chi connectivity index (χ1v) is 17.0. The third-order valence-corrected chi connectivity index (χ3v) is 14.2. The van der Waals surface area contributed by atoms with E-state index in [4.69, 9.17) is 9.16 Å².